The molecule has 1 fully saturated rings. The number of hydrogen-bond donors (Lipinski definition) is 1. The number of amides is 1. The molecule has 1 aliphatic rings. The molecule has 0 saturated carbocycles. The smallest absolute Gasteiger partial charge is 0.222 e. The van der Waals surface area contributed by atoms with E-state index in [1.807, 2.05) is 4.90 Å². The number of nitrogens with zero attached hydrogens (tertiary/aromatic N) is 1. The molecular formula is C21H35ClN2O3. The van der Waals surface area contributed by atoms with Gasteiger partial charge in [0, 0.05) is 26.1 Å². The zero-order chi connectivity index (χ0) is 18.8. The molecule has 2 N–H and O–H groups in total. The highest BCUT2D eigenvalue weighted by atomic mass is 35.5. The molecule has 0 radical (unpaired) electrons. The van der Waals surface area contributed by atoms with Crippen molar-refractivity contribution >= 4 is 18.3 Å². The minimum atomic E-state index is 0. The lowest BCUT2D eigenvalue weighted by Crippen LogP contribution is -2.41. The van der Waals surface area contributed by atoms with Gasteiger partial charge in [-0.2, -0.15) is 0 Å². The van der Waals surface area contributed by atoms with E-state index in [9.17, 15) is 4.79 Å². The van der Waals surface area contributed by atoms with E-state index < -0.39 is 0 Å². The average molecular weight is 399 g/mol. The topological polar surface area (TPSA) is 64.8 Å². The van der Waals surface area contributed by atoms with Crippen LogP contribution in [0.25, 0.3) is 0 Å². The number of carbonyl (C=O) groups excluding carboxylic acids is 1. The lowest BCUT2D eigenvalue weighted by molar-refractivity contribution is -0.134. The largest absolute Gasteiger partial charge is 0.493 e. The minimum absolute atomic E-state index is 0. The predicted molar refractivity (Wildman–Crippen MR) is 112 cm³/mol. The Labute approximate surface area is 170 Å². The molecule has 1 amide bonds. The highest BCUT2D eigenvalue weighted by Crippen LogP contribution is 2.20. The Hall–Kier alpha value is -1.30. The number of nitrogens with two attached hydrogens (primary N) is 1. The van der Waals surface area contributed by atoms with Gasteiger partial charge >= 0.3 is 0 Å². The van der Waals surface area contributed by atoms with Crippen LogP contribution in [0.15, 0.2) is 18.2 Å². The van der Waals surface area contributed by atoms with Crippen LogP contribution in [-0.2, 0) is 9.53 Å². The molecule has 1 saturated heterocycles. The van der Waals surface area contributed by atoms with Crippen LogP contribution in [0.4, 0.5) is 0 Å². The first-order chi connectivity index (χ1) is 12.6. The molecule has 5 nitrogen and oxygen atoms in total. The molecular weight excluding hydrogens is 364 g/mol. The third-order valence-corrected chi connectivity index (χ3v) is 4.88. The third kappa shape index (κ3) is 8.50. The summed E-state index contributed by atoms with van der Waals surface area (Å²) in [5.74, 6) is 1.21. The van der Waals surface area contributed by atoms with E-state index in [-0.39, 0.29) is 24.4 Å². The van der Waals surface area contributed by atoms with Gasteiger partial charge in [-0.15, -0.1) is 12.4 Å². The van der Waals surface area contributed by atoms with Crippen molar-refractivity contribution in [3.05, 3.63) is 29.3 Å². The van der Waals surface area contributed by atoms with E-state index in [0.29, 0.717) is 19.6 Å². The molecule has 0 aromatic heterocycles. The summed E-state index contributed by atoms with van der Waals surface area (Å²) >= 11 is 0. The molecule has 1 aliphatic heterocycles. The molecule has 0 bridgehead atoms. The Morgan fingerprint density at radius 2 is 1.89 bits per heavy atom. The summed E-state index contributed by atoms with van der Waals surface area (Å²) in [5.41, 5.74) is 7.84. The molecule has 1 heterocycles. The summed E-state index contributed by atoms with van der Waals surface area (Å²) in [7, 11) is 0. The summed E-state index contributed by atoms with van der Waals surface area (Å²) < 4.78 is 11.6. The number of ether oxygens (including phenoxy) is 2. The number of rotatable bonds is 10. The van der Waals surface area contributed by atoms with Crippen LogP contribution in [0.2, 0.25) is 0 Å². The maximum absolute atomic E-state index is 12.3. The fourth-order valence-electron chi connectivity index (χ4n) is 3.19. The summed E-state index contributed by atoms with van der Waals surface area (Å²) in [5, 5.41) is 0. The van der Waals surface area contributed by atoms with E-state index in [1.165, 1.54) is 5.56 Å². The SMILES string of the molecule is Cc1ccc(C)c(OCCCCC(=O)N2CCC(OCCCN)CC2)c1.Cl. The van der Waals surface area contributed by atoms with E-state index in [4.69, 9.17) is 15.2 Å². The van der Waals surface area contributed by atoms with Gasteiger partial charge in [0.25, 0.3) is 0 Å². The zero-order valence-corrected chi connectivity index (χ0v) is 17.6. The van der Waals surface area contributed by atoms with E-state index >= 15 is 0 Å². The zero-order valence-electron chi connectivity index (χ0n) is 16.7. The fourth-order valence-corrected chi connectivity index (χ4v) is 3.19. The predicted octanol–water partition coefficient (Wildman–Crippen LogP) is 3.63. The Morgan fingerprint density at radius 1 is 1.15 bits per heavy atom. The van der Waals surface area contributed by atoms with Crippen LogP contribution in [0.3, 0.4) is 0 Å². The van der Waals surface area contributed by atoms with Gasteiger partial charge in [-0.05, 0) is 69.7 Å². The van der Waals surface area contributed by atoms with Crippen LogP contribution < -0.4 is 10.5 Å². The average Bonchev–Trinajstić information content (AvgIpc) is 2.65. The second-order valence-electron chi connectivity index (χ2n) is 7.17. The van der Waals surface area contributed by atoms with Gasteiger partial charge in [0.1, 0.15) is 5.75 Å². The van der Waals surface area contributed by atoms with Gasteiger partial charge in [0.15, 0.2) is 0 Å². The first-order valence-corrected chi connectivity index (χ1v) is 9.89. The van der Waals surface area contributed by atoms with Crippen molar-refractivity contribution in [1.82, 2.24) is 4.90 Å². The maximum atomic E-state index is 12.3. The van der Waals surface area contributed by atoms with Crippen LogP contribution in [0, 0.1) is 13.8 Å². The Kier molecular flexibility index (Phi) is 11.4. The minimum Gasteiger partial charge on any atom is -0.493 e. The Morgan fingerprint density at radius 3 is 2.59 bits per heavy atom. The molecule has 2 rings (SSSR count). The van der Waals surface area contributed by atoms with Crippen LogP contribution >= 0.6 is 12.4 Å². The van der Waals surface area contributed by atoms with Crippen LogP contribution in [0.5, 0.6) is 5.75 Å². The van der Waals surface area contributed by atoms with Crippen molar-refractivity contribution in [3.8, 4) is 5.75 Å². The van der Waals surface area contributed by atoms with Gasteiger partial charge in [-0.25, -0.2) is 0 Å². The number of carbonyl (C=O) groups is 1. The summed E-state index contributed by atoms with van der Waals surface area (Å²) in [6, 6.07) is 6.24. The molecule has 0 unspecified atom stereocenters. The third-order valence-electron chi connectivity index (χ3n) is 4.88. The lowest BCUT2D eigenvalue weighted by atomic mass is 10.1. The van der Waals surface area contributed by atoms with Gasteiger partial charge in [0.05, 0.1) is 12.7 Å². The second kappa shape index (κ2) is 13.0. The Balaban J connectivity index is 0.00000364. The van der Waals surface area contributed by atoms with Crippen LogP contribution in [-0.4, -0.2) is 49.8 Å². The standard InChI is InChI=1S/C21H34N2O3.ClH/c1-17-7-8-18(2)20(16-17)26-14-4-3-6-21(24)23-12-9-19(10-13-23)25-15-5-11-22;/h7-8,16,19H,3-6,9-15,22H2,1-2H3;1H. The molecule has 27 heavy (non-hydrogen) atoms. The molecule has 0 spiro atoms. The highest BCUT2D eigenvalue weighted by Gasteiger charge is 2.22. The molecule has 1 aromatic carbocycles. The first kappa shape index (κ1) is 23.7. The molecule has 6 heteroatoms. The van der Waals surface area contributed by atoms with E-state index in [0.717, 1.165) is 63.1 Å². The number of unbranched alkanes of at least 4 members (excludes halogenated alkanes) is 1. The van der Waals surface area contributed by atoms with Gasteiger partial charge in [-0.3, -0.25) is 4.79 Å². The maximum Gasteiger partial charge on any atom is 0.222 e. The van der Waals surface area contributed by atoms with Crippen LogP contribution in [0.1, 0.15) is 49.7 Å². The van der Waals surface area contributed by atoms with Crippen molar-refractivity contribution < 1.29 is 14.3 Å². The Bertz CT molecular complexity index is 560. The molecule has 154 valence electrons. The lowest BCUT2D eigenvalue weighted by Gasteiger charge is -2.32. The van der Waals surface area contributed by atoms with Gasteiger partial charge in [0.2, 0.25) is 5.91 Å². The van der Waals surface area contributed by atoms with E-state index in [2.05, 4.69) is 32.0 Å². The van der Waals surface area contributed by atoms with Crippen molar-refractivity contribution in [2.75, 3.05) is 32.8 Å². The van der Waals surface area contributed by atoms with Crippen molar-refractivity contribution in [2.24, 2.45) is 5.73 Å². The highest BCUT2D eigenvalue weighted by molar-refractivity contribution is 5.85. The number of piperidine rings is 1. The summed E-state index contributed by atoms with van der Waals surface area (Å²) in [6.45, 7) is 7.81. The number of benzene rings is 1. The number of aryl methyl sites for hydroxylation is 2. The second-order valence-corrected chi connectivity index (χ2v) is 7.17. The molecule has 1 aromatic rings. The quantitative estimate of drug-likeness (QED) is 0.611. The molecule has 0 aliphatic carbocycles. The normalized spacial score (nSPS) is 14.7. The number of hydrogen-bond acceptors (Lipinski definition) is 4. The fraction of sp³-hybridized carbons (Fsp3) is 0.667. The van der Waals surface area contributed by atoms with Gasteiger partial charge < -0.3 is 20.1 Å². The molecule has 0 atom stereocenters. The van der Waals surface area contributed by atoms with Crippen molar-refractivity contribution in [2.45, 2.75) is 58.5 Å². The first-order valence-electron chi connectivity index (χ1n) is 9.89. The van der Waals surface area contributed by atoms with Crippen molar-refractivity contribution in [3.63, 3.8) is 0 Å². The van der Waals surface area contributed by atoms with E-state index in [1.54, 1.807) is 0 Å². The number of halogens is 1. The summed E-state index contributed by atoms with van der Waals surface area (Å²) in [4.78, 5) is 14.3. The number of likely N-dealkylation sites (tertiary alicyclic amines) is 1. The summed E-state index contributed by atoms with van der Waals surface area (Å²) in [6.07, 6.45) is 5.45. The van der Waals surface area contributed by atoms with Crippen molar-refractivity contribution in [1.29, 1.82) is 0 Å². The van der Waals surface area contributed by atoms with Gasteiger partial charge in [-0.1, -0.05) is 12.1 Å². The monoisotopic (exact) mass is 398 g/mol.